The second-order valence-corrected chi connectivity index (χ2v) is 9.55. The summed E-state index contributed by atoms with van der Waals surface area (Å²) in [6, 6.07) is -0.623. The lowest BCUT2D eigenvalue weighted by molar-refractivity contribution is -0.121. The van der Waals surface area contributed by atoms with Gasteiger partial charge in [0.1, 0.15) is 12.1 Å². The van der Waals surface area contributed by atoms with Crippen LogP contribution >= 0.6 is 0 Å². The highest BCUT2D eigenvalue weighted by molar-refractivity contribution is 5.75. The van der Waals surface area contributed by atoms with Gasteiger partial charge in [-0.15, -0.1) is 0 Å². The Labute approximate surface area is 183 Å². The molecule has 8 heteroatoms. The third kappa shape index (κ3) is 11.7. The number of amides is 1. The summed E-state index contributed by atoms with van der Waals surface area (Å²) in [6.07, 6.45) is 5.28. The third-order valence-corrected chi connectivity index (χ3v) is 6.30. The van der Waals surface area contributed by atoms with Crippen LogP contribution in [0.2, 0.25) is 0 Å². The van der Waals surface area contributed by atoms with E-state index in [0.29, 0.717) is 18.9 Å². The number of rotatable bonds is 18. The summed E-state index contributed by atoms with van der Waals surface area (Å²) in [5, 5.41) is 16.2. The van der Waals surface area contributed by atoms with Gasteiger partial charge >= 0.3 is 0 Å². The van der Waals surface area contributed by atoms with Crippen LogP contribution in [0.5, 0.6) is 0 Å². The van der Waals surface area contributed by atoms with Gasteiger partial charge in [-0.05, 0) is 86.2 Å². The van der Waals surface area contributed by atoms with Gasteiger partial charge in [-0.2, -0.15) is 9.81 Å². The topological polar surface area (TPSA) is 112 Å². The van der Waals surface area contributed by atoms with Crippen molar-refractivity contribution in [3.8, 4) is 0 Å². The molecule has 0 aliphatic rings. The van der Waals surface area contributed by atoms with E-state index >= 15 is 0 Å². The molecule has 0 bridgehead atoms. The highest BCUT2D eigenvalue weighted by Crippen LogP contribution is 2.17. The second kappa shape index (κ2) is 14.6. The number of unbranched alkanes of at least 4 members (excludes halogenated alkanes) is 1. The van der Waals surface area contributed by atoms with E-state index in [1.807, 2.05) is 41.5 Å². The fourth-order valence-electron chi connectivity index (χ4n) is 3.03. The van der Waals surface area contributed by atoms with Crippen LogP contribution in [0.3, 0.4) is 0 Å². The molecule has 0 fully saturated rings. The largest absolute Gasteiger partial charge is 0.356 e. The lowest BCUT2D eigenvalue weighted by Crippen LogP contribution is -2.48. The molecule has 0 spiro atoms. The van der Waals surface area contributed by atoms with Gasteiger partial charge in [0.15, 0.2) is 0 Å². The predicted molar refractivity (Wildman–Crippen MR) is 125 cm³/mol. The monoisotopic (exact) mass is 427 g/mol. The maximum atomic E-state index is 11.9. The molecule has 3 N–H and O–H groups in total. The van der Waals surface area contributed by atoms with Crippen LogP contribution in [0.4, 0.5) is 0 Å². The summed E-state index contributed by atoms with van der Waals surface area (Å²) >= 11 is 0. The highest BCUT2D eigenvalue weighted by Gasteiger charge is 2.27. The van der Waals surface area contributed by atoms with Gasteiger partial charge in [-0.3, -0.25) is 4.79 Å². The summed E-state index contributed by atoms with van der Waals surface area (Å²) in [7, 11) is 0. The van der Waals surface area contributed by atoms with Crippen LogP contribution in [-0.2, 0) is 4.79 Å². The molecule has 0 heterocycles. The van der Waals surface area contributed by atoms with Crippen LogP contribution in [0.1, 0.15) is 87.0 Å². The first-order chi connectivity index (χ1) is 14.0. The zero-order valence-electron chi connectivity index (χ0n) is 20.2. The fourth-order valence-corrected chi connectivity index (χ4v) is 3.03. The van der Waals surface area contributed by atoms with Crippen molar-refractivity contribution in [2.45, 2.75) is 110 Å². The zero-order chi connectivity index (χ0) is 23.2. The fraction of sp³-hybridized carbons (Fsp3) is 0.955. The Kier molecular flexibility index (Phi) is 13.9. The summed E-state index contributed by atoms with van der Waals surface area (Å²) < 4.78 is 0. The Morgan fingerprint density at radius 1 is 0.833 bits per heavy atom. The highest BCUT2D eigenvalue weighted by atomic mass is 16.3. The van der Waals surface area contributed by atoms with Gasteiger partial charge in [-0.1, -0.05) is 23.7 Å². The van der Waals surface area contributed by atoms with Gasteiger partial charge in [-0.25, -0.2) is 0 Å². The zero-order valence-corrected chi connectivity index (χ0v) is 20.2. The number of nitrogens with zero attached hydrogens (tertiary/aromatic N) is 2. The van der Waals surface area contributed by atoms with E-state index in [9.17, 15) is 14.6 Å². The smallest absolute Gasteiger partial charge is 0.219 e. The summed E-state index contributed by atoms with van der Waals surface area (Å²) in [5.74, 6) is 0.521. The molecule has 30 heavy (non-hydrogen) atoms. The Morgan fingerprint density at radius 2 is 1.27 bits per heavy atom. The lowest BCUT2D eigenvalue weighted by atomic mass is 9.92. The van der Waals surface area contributed by atoms with Gasteiger partial charge in [0, 0.05) is 24.0 Å². The third-order valence-electron chi connectivity index (χ3n) is 6.30. The first-order valence-electron chi connectivity index (χ1n) is 11.4. The SMILES string of the molecule is CCCCC(=O)NCCC(CCNC(C)(C)C(C)N=O)CCNC(C)(C)C(C)N=O. The Bertz CT molecular complexity index is 479. The second-order valence-electron chi connectivity index (χ2n) is 9.55. The van der Waals surface area contributed by atoms with Crippen LogP contribution in [-0.4, -0.2) is 48.7 Å². The molecular formula is C22H45N5O3. The molecule has 0 aromatic carbocycles. The molecule has 0 aromatic heterocycles. The van der Waals surface area contributed by atoms with Crippen molar-refractivity contribution in [3.63, 3.8) is 0 Å². The molecule has 2 unspecified atom stereocenters. The van der Waals surface area contributed by atoms with Crippen molar-refractivity contribution >= 4 is 5.91 Å². The van der Waals surface area contributed by atoms with Gasteiger partial charge < -0.3 is 16.0 Å². The van der Waals surface area contributed by atoms with E-state index in [0.717, 1.165) is 45.2 Å². The molecule has 0 radical (unpaired) electrons. The van der Waals surface area contributed by atoms with Crippen LogP contribution in [0.25, 0.3) is 0 Å². The molecule has 2 atom stereocenters. The quantitative estimate of drug-likeness (QED) is 0.285. The molecule has 1 amide bonds. The Morgan fingerprint density at radius 3 is 1.67 bits per heavy atom. The van der Waals surface area contributed by atoms with Gasteiger partial charge in [0.25, 0.3) is 0 Å². The van der Waals surface area contributed by atoms with Crippen LogP contribution in [0, 0.1) is 15.7 Å². The summed E-state index contributed by atoms with van der Waals surface area (Å²) in [6.45, 7) is 15.9. The van der Waals surface area contributed by atoms with Crippen LogP contribution < -0.4 is 16.0 Å². The van der Waals surface area contributed by atoms with E-state index in [1.165, 1.54) is 0 Å². The van der Waals surface area contributed by atoms with Gasteiger partial charge in [0.05, 0.1) is 0 Å². The lowest BCUT2D eigenvalue weighted by Gasteiger charge is -2.31. The molecular weight excluding hydrogens is 382 g/mol. The molecule has 0 saturated heterocycles. The van der Waals surface area contributed by atoms with Crippen LogP contribution in [0.15, 0.2) is 10.4 Å². The minimum Gasteiger partial charge on any atom is -0.356 e. The normalized spacial score (nSPS) is 15.3. The van der Waals surface area contributed by atoms with Crippen molar-refractivity contribution in [1.29, 1.82) is 0 Å². The number of carbonyl (C=O) groups excluding carboxylic acids is 1. The predicted octanol–water partition coefficient (Wildman–Crippen LogP) is 4.13. The summed E-state index contributed by atoms with van der Waals surface area (Å²) in [4.78, 5) is 33.6. The van der Waals surface area contributed by atoms with Crippen molar-refractivity contribution in [3.05, 3.63) is 9.81 Å². The minimum absolute atomic E-state index is 0.117. The average Bonchev–Trinajstić information content (AvgIpc) is 2.70. The van der Waals surface area contributed by atoms with E-state index in [1.54, 1.807) is 0 Å². The molecule has 8 nitrogen and oxygen atoms in total. The van der Waals surface area contributed by atoms with Crippen molar-refractivity contribution < 1.29 is 4.79 Å². The number of nitrogens with one attached hydrogen (secondary N) is 3. The Hall–Kier alpha value is -1.41. The van der Waals surface area contributed by atoms with Crippen molar-refractivity contribution in [1.82, 2.24) is 16.0 Å². The maximum absolute atomic E-state index is 11.9. The van der Waals surface area contributed by atoms with E-state index < -0.39 is 0 Å². The number of nitroso groups, excluding NO2 is 2. The Balaban J connectivity index is 4.65. The average molecular weight is 428 g/mol. The molecule has 0 aliphatic heterocycles. The van der Waals surface area contributed by atoms with E-state index in [4.69, 9.17) is 0 Å². The molecule has 0 rings (SSSR count). The molecule has 0 aromatic rings. The molecule has 176 valence electrons. The van der Waals surface area contributed by atoms with Crippen molar-refractivity contribution in [2.75, 3.05) is 19.6 Å². The first-order valence-corrected chi connectivity index (χ1v) is 11.4. The number of carbonyl (C=O) groups is 1. The van der Waals surface area contributed by atoms with E-state index in [2.05, 4.69) is 33.2 Å². The van der Waals surface area contributed by atoms with E-state index in [-0.39, 0.29) is 29.1 Å². The van der Waals surface area contributed by atoms with Crippen molar-refractivity contribution in [2.24, 2.45) is 16.3 Å². The molecule has 0 aliphatic carbocycles. The first kappa shape index (κ1) is 28.6. The number of hydrogen-bond donors (Lipinski definition) is 3. The van der Waals surface area contributed by atoms with Gasteiger partial charge in [0.2, 0.25) is 5.91 Å². The molecule has 0 saturated carbocycles. The standard InChI is InChI=1S/C22H45N5O3/c1-8-9-10-20(28)23-14-11-19(12-15-24-21(4,5)17(2)26-29)13-16-25-22(6,7)18(3)27-30/h17-19,24-25H,8-16H2,1-7H3,(H,23,28). The number of hydrogen-bond acceptors (Lipinski definition) is 7. The maximum Gasteiger partial charge on any atom is 0.219 e. The summed E-state index contributed by atoms with van der Waals surface area (Å²) in [5.41, 5.74) is -0.710. The minimum atomic E-state index is -0.355.